The maximum Gasteiger partial charge on any atom is 0.325 e. The maximum absolute atomic E-state index is 11.9. The fourth-order valence-corrected chi connectivity index (χ4v) is 2.73. The third kappa shape index (κ3) is 6.15. The highest BCUT2D eigenvalue weighted by molar-refractivity contribution is 5.75. The van der Waals surface area contributed by atoms with Gasteiger partial charge in [0.25, 0.3) is 0 Å². The first-order chi connectivity index (χ1) is 13.2. The predicted octanol–water partition coefficient (Wildman–Crippen LogP) is 2.06. The molecule has 1 heterocycles. The van der Waals surface area contributed by atoms with Gasteiger partial charge in [0, 0.05) is 0 Å². The lowest BCUT2D eigenvalue weighted by molar-refractivity contribution is -0.155. The van der Waals surface area contributed by atoms with Crippen LogP contribution in [0.5, 0.6) is 0 Å². The number of nitrogens with two attached hydrogens (primary N) is 1. The highest BCUT2D eigenvalue weighted by Crippen LogP contribution is 2.15. The minimum atomic E-state index is -0.798. The molecule has 6 heteroatoms. The van der Waals surface area contributed by atoms with Crippen molar-refractivity contribution in [3.05, 3.63) is 71.8 Å². The van der Waals surface area contributed by atoms with Crippen LogP contribution in [0, 0.1) is 0 Å². The van der Waals surface area contributed by atoms with Crippen molar-refractivity contribution in [1.29, 1.82) is 0 Å². The molecule has 1 aliphatic rings. The molecule has 3 rings (SSSR count). The lowest BCUT2D eigenvalue weighted by Crippen LogP contribution is -2.39. The molecule has 0 radical (unpaired) electrons. The second kappa shape index (κ2) is 10.2. The van der Waals surface area contributed by atoms with E-state index >= 15 is 0 Å². The normalized spacial score (nSPS) is 23.7. The number of cyclic esters (lactones) is 1. The highest BCUT2D eigenvalue weighted by Gasteiger charge is 2.29. The second-order valence-electron chi connectivity index (χ2n) is 6.44. The molecule has 2 N–H and O–H groups in total. The SMILES string of the molecule is N[C@H]1COC[C@H](OCc2ccccc2)[C@@H](OCc2ccccc2)COC1=O. The van der Waals surface area contributed by atoms with Crippen LogP contribution < -0.4 is 5.73 Å². The Balaban J connectivity index is 1.66. The van der Waals surface area contributed by atoms with Crippen molar-refractivity contribution in [2.45, 2.75) is 31.5 Å². The second-order valence-corrected chi connectivity index (χ2v) is 6.44. The minimum absolute atomic E-state index is 0.0716. The number of carbonyl (C=O) groups excluding carboxylic acids is 1. The summed E-state index contributed by atoms with van der Waals surface area (Å²) in [5, 5.41) is 0. The molecular weight excluding hydrogens is 346 g/mol. The van der Waals surface area contributed by atoms with Gasteiger partial charge in [-0.3, -0.25) is 4.79 Å². The molecule has 2 aromatic carbocycles. The van der Waals surface area contributed by atoms with E-state index in [1.165, 1.54) is 0 Å². The van der Waals surface area contributed by atoms with Crippen molar-refractivity contribution in [3.63, 3.8) is 0 Å². The number of benzene rings is 2. The number of hydrogen-bond acceptors (Lipinski definition) is 6. The summed E-state index contributed by atoms with van der Waals surface area (Å²) in [4.78, 5) is 11.9. The van der Waals surface area contributed by atoms with Crippen molar-refractivity contribution >= 4 is 5.97 Å². The van der Waals surface area contributed by atoms with E-state index in [0.29, 0.717) is 13.2 Å². The summed E-state index contributed by atoms with van der Waals surface area (Å²) in [6, 6.07) is 18.9. The molecule has 0 amide bonds. The van der Waals surface area contributed by atoms with Crippen LogP contribution in [0.25, 0.3) is 0 Å². The van der Waals surface area contributed by atoms with Crippen LogP contribution >= 0.6 is 0 Å². The standard InChI is InChI=1S/C21H25NO5/c22-18-13-24-14-19(25-11-16-7-3-1-4-8-16)20(15-27-21(18)23)26-12-17-9-5-2-6-10-17/h1-10,18-20H,11-15,22H2/t18-,19-,20-/m0/s1. The van der Waals surface area contributed by atoms with Gasteiger partial charge in [-0.2, -0.15) is 0 Å². The van der Waals surface area contributed by atoms with Gasteiger partial charge in [-0.15, -0.1) is 0 Å². The Kier molecular flexibility index (Phi) is 7.36. The molecule has 3 atom stereocenters. The van der Waals surface area contributed by atoms with E-state index in [9.17, 15) is 4.79 Å². The molecule has 0 aromatic heterocycles. The van der Waals surface area contributed by atoms with Crippen LogP contribution in [0.3, 0.4) is 0 Å². The molecule has 1 aliphatic heterocycles. The number of carbonyl (C=O) groups is 1. The Labute approximate surface area is 159 Å². The Morgan fingerprint density at radius 1 is 0.815 bits per heavy atom. The summed E-state index contributed by atoms with van der Waals surface area (Å²) >= 11 is 0. The molecule has 0 saturated carbocycles. The van der Waals surface area contributed by atoms with E-state index in [1.807, 2.05) is 60.7 Å². The topological polar surface area (TPSA) is 80.0 Å². The zero-order valence-corrected chi connectivity index (χ0v) is 15.2. The van der Waals surface area contributed by atoms with Gasteiger partial charge in [0.2, 0.25) is 0 Å². The molecule has 0 aliphatic carbocycles. The van der Waals surface area contributed by atoms with Crippen LogP contribution in [0.4, 0.5) is 0 Å². The fourth-order valence-electron chi connectivity index (χ4n) is 2.73. The first-order valence-electron chi connectivity index (χ1n) is 9.03. The van der Waals surface area contributed by atoms with Crippen LogP contribution in [0.1, 0.15) is 11.1 Å². The van der Waals surface area contributed by atoms with E-state index in [0.717, 1.165) is 11.1 Å². The summed E-state index contributed by atoms with van der Waals surface area (Å²) < 4.78 is 23.0. The van der Waals surface area contributed by atoms with Crippen molar-refractivity contribution in [2.24, 2.45) is 5.73 Å². The van der Waals surface area contributed by atoms with Crippen molar-refractivity contribution < 1.29 is 23.7 Å². The van der Waals surface area contributed by atoms with E-state index < -0.39 is 18.1 Å². The van der Waals surface area contributed by atoms with Gasteiger partial charge < -0.3 is 24.7 Å². The zero-order valence-electron chi connectivity index (χ0n) is 15.2. The largest absolute Gasteiger partial charge is 0.462 e. The fraction of sp³-hybridized carbons (Fsp3) is 0.381. The Morgan fingerprint density at radius 3 is 1.89 bits per heavy atom. The molecule has 2 aromatic rings. The smallest absolute Gasteiger partial charge is 0.325 e. The number of hydrogen-bond donors (Lipinski definition) is 1. The van der Waals surface area contributed by atoms with Crippen molar-refractivity contribution in [3.8, 4) is 0 Å². The summed E-state index contributed by atoms with van der Waals surface area (Å²) in [6.45, 7) is 1.24. The molecule has 144 valence electrons. The lowest BCUT2D eigenvalue weighted by Gasteiger charge is -2.26. The Bertz CT molecular complexity index is 694. The first-order valence-corrected chi connectivity index (χ1v) is 9.03. The van der Waals surface area contributed by atoms with Crippen LogP contribution in [-0.4, -0.2) is 44.0 Å². The third-order valence-corrected chi connectivity index (χ3v) is 4.30. The summed E-state index contributed by atoms with van der Waals surface area (Å²) in [6.07, 6.45) is -0.838. The van der Waals surface area contributed by atoms with E-state index in [-0.39, 0.29) is 25.9 Å². The first kappa shape index (κ1) is 19.5. The van der Waals surface area contributed by atoms with Crippen LogP contribution in [0.15, 0.2) is 60.7 Å². The molecule has 0 bridgehead atoms. The maximum atomic E-state index is 11.9. The zero-order chi connectivity index (χ0) is 18.9. The Morgan fingerprint density at radius 2 is 1.33 bits per heavy atom. The van der Waals surface area contributed by atoms with Gasteiger partial charge in [0.15, 0.2) is 0 Å². The van der Waals surface area contributed by atoms with Gasteiger partial charge in [0.05, 0.1) is 26.4 Å². The van der Waals surface area contributed by atoms with Crippen LogP contribution in [0.2, 0.25) is 0 Å². The minimum Gasteiger partial charge on any atom is -0.462 e. The van der Waals surface area contributed by atoms with Gasteiger partial charge in [-0.25, -0.2) is 0 Å². The summed E-state index contributed by atoms with van der Waals surface area (Å²) in [5.41, 5.74) is 7.84. The number of rotatable bonds is 6. The van der Waals surface area contributed by atoms with E-state index in [1.54, 1.807) is 0 Å². The highest BCUT2D eigenvalue weighted by atomic mass is 16.6. The average Bonchev–Trinajstić information content (AvgIpc) is 2.77. The summed E-state index contributed by atoms with van der Waals surface area (Å²) in [5.74, 6) is -0.493. The summed E-state index contributed by atoms with van der Waals surface area (Å²) in [7, 11) is 0. The third-order valence-electron chi connectivity index (χ3n) is 4.30. The van der Waals surface area contributed by atoms with Gasteiger partial charge >= 0.3 is 5.97 Å². The van der Waals surface area contributed by atoms with E-state index in [2.05, 4.69) is 0 Å². The monoisotopic (exact) mass is 371 g/mol. The molecule has 6 nitrogen and oxygen atoms in total. The van der Waals surface area contributed by atoms with Crippen LogP contribution in [-0.2, 0) is 37.0 Å². The molecular formula is C21H25NO5. The lowest BCUT2D eigenvalue weighted by atomic mass is 10.2. The van der Waals surface area contributed by atoms with Crippen molar-refractivity contribution in [2.75, 3.05) is 19.8 Å². The van der Waals surface area contributed by atoms with Gasteiger partial charge in [0.1, 0.15) is 24.9 Å². The van der Waals surface area contributed by atoms with Gasteiger partial charge in [-0.1, -0.05) is 60.7 Å². The number of esters is 1. The Hall–Kier alpha value is -2.25. The average molecular weight is 371 g/mol. The molecule has 1 saturated heterocycles. The molecule has 27 heavy (non-hydrogen) atoms. The molecule has 0 unspecified atom stereocenters. The van der Waals surface area contributed by atoms with Gasteiger partial charge in [-0.05, 0) is 11.1 Å². The predicted molar refractivity (Wildman–Crippen MR) is 99.8 cm³/mol. The van der Waals surface area contributed by atoms with E-state index in [4.69, 9.17) is 24.7 Å². The van der Waals surface area contributed by atoms with Crippen molar-refractivity contribution in [1.82, 2.24) is 0 Å². The molecule has 0 spiro atoms. The number of ether oxygens (including phenoxy) is 4. The molecule has 1 fully saturated rings. The quantitative estimate of drug-likeness (QED) is 0.783.